The van der Waals surface area contributed by atoms with E-state index in [1.165, 1.54) is 32.7 Å². The molecule has 1 saturated heterocycles. The van der Waals surface area contributed by atoms with Gasteiger partial charge in [0.15, 0.2) is 28.9 Å². The van der Waals surface area contributed by atoms with Crippen molar-refractivity contribution in [3.8, 4) is 17.2 Å². The highest BCUT2D eigenvalue weighted by Crippen LogP contribution is 2.31. The minimum Gasteiger partial charge on any atom is -0.494 e. The van der Waals surface area contributed by atoms with E-state index in [4.69, 9.17) is 18.9 Å². The Morgan fingerprint density at radius 3 is 2.39 bits per heavy atom. The molecule has 2 aromatic rings. The van der Waals surface area contributed by atoms with E-state index in [2.05, 4.69) is 27.2 Å². The zero-order valence-electron chi connectivity index (χ0n) is 17.0. The molecule has 166 valence electrons. The third-order valence-corrected chi connectivity index (χ3v) is 4.58. The van der Waals surface area contributed by atoms with Crippen molar-refractivity contribution in [2.24, 2.45) is 0 Å². The molecule has 0 unspecified atom stereocenters. The van der Waals surface area contributed by atoms with E-state index in [-0.39, 0.29) is 46.8 Å². The second-order valence-electron chi connectivity index (χ2n) is 6.53. The maximum atomic E-state index is 14.4. The molecule has 3 rings (SSSR count). The number of benzene rings is 1. The van der Waals surface area contributed by atoms with Crippen molar-refractivity contribution in [1.82, 2.24) is 15.3 Å². The lowest BCUT2D eigenvalue weighted by molar-refractivity contribution is -0.117. The fraction of sp³-hybridized carbons (Fsp3) is 0.350. The number of methoxy groups -OCH3 is 2. The summed E-state index contributed by atoms with van der Waals surface area (Å²) in [6.07, 6.45) is 3.90. The number of ether oxygens (including phenoxy) is 4. The van der Waals surface area contributed by atoms with Gasteiger partial charge in [-0.2, -0.15) is 0 Å². The van der Waals surface area contributed by atoms with Crippen molar-refractivity contribution >= 4 is 11.9 Å². The molecule has 2 atom stereocenters. The molecular weight excluding hydrogens is 414 g/mol. The van der Waals surface area contributed by atoms with Crippen molar-refractivity contribution in [1.29, 1.82) is 0 Å². The first-order chi connectivity index (χ1) is 15.0. The normalized spacial score (nSPS) is 17.7. The standard InChI is InChI=1S/C20H22F2N4O5/c1-4-17(27)25-13-9-30-10-14(13)26-20-23-6-11(7-24-20)31-8-12-18(21)15(28-2)5-16(29-3)19(12)22/h4-7,13-14H,1,8-10H2,2-3H3,(H,25,27)(H,23,24,26)/t13-,14+/m1/s1. The lowest BCUT2D eigenvalue weighted by Gasteiger charge is -2.19. The molecule has 11 heteroatoms. The van der Waals surface area contributed by atoms with Crippen LogP contribution in [0.5, 0.6) is 17.2 Å². The number of rotatable bonds is 9. The lowest BCUT2D eigenvalue weighted by atomic mass is 10.1. The first-order valence-electron chi connectivity index (χ1n) is 9.27. The molecule has 1 aromatic heterocycles. The molecule has 1 aliphatic heterocycles. The highest BCUT2D eigenvalue weighted by atomic mass is 19.1. The fourth-order valence-electron chi connectivity index (χ4n) is 2.93. The highest BCUT2D eigenvalue weighted by molar-refractivity contribution is 5.87. The van der Waals surface area contributed by atoms with Gasteiger partial charge in [-0.1, -0.05) is 6.58 Å². The number of nitrogens with zero attached hydrogens (tertiary/aromatic N) is 2. The summed E-state index contributed by atoms with van der Waals surface area (Å²) in [6, 6.07) is 0.622. The number of hydrogen-bond donors (Lipinski definition) is 2. The largest absolute Gasteiger partial charge is 0.494 e. The molecule has 1 aliphatic rings. The molecule has 0 saturated carbocycles. The lowest BCUT2D eigenvalue weighted by Crippen LogP contribution is -2.45. The van der Waals surface area contributed by atoms with E-state index in [9.17, 15) is 13.6 Å². The molecule has 9 nitrogen and oxygen atoms in total. The number of carbonyl (C=O) groups is 1. The van der Waals surface area contributed by atoms with E-state index < -0.39 is 18.2 Å². The predicted molar refractivity (Wildman–Crippen MR) is 106 cm³/mol. The SMILES string of the molecule is C=CC(=O)N[C@@H]1COC[C@@H]1Nc1ncc(OCc2c(F)c(OC)cc(OC)c2F)cn1. The van der Waals surface area contributed by atoms with Gasteiger partial charge >= 0.3 is 0 Å². The quantitative estimate of drug-likeness (QED) is 0.574. The van der Waals surface area contributed by atoms with E-state index in [0.717, 1.165) is 6.07 Å². The van der Waals surface area contributed by atoms with Crippen LogP contribution < -0.4 is 24.8 Å². The first-order valence-corrected chi connectivity index (χ1v) is 9.27. The minimum absolute atomic E-state index is 0.162. The molecule has 0 bridgehead atoms. The van der Waals surface area contributed by atoms with Crippen molar-refractivity contribution in [2.75, 3.05) is 32.8 Å². The van der Waals surface area contributed by atoms with Crippen molar-refractivity contribution in [3.05, 3.63) is 48.3 Å². The zero-order valence-corrected chi connectivity index (χ0v) is 17.0. The van der Waals surface area contributed by atoms with Crippen LogP contribution in [0.25, 0.3) is 0 Å². The van der Waals surface area contributed by atoms with E-state index >= 15 is 0 Å². The number of carbonyl (C=O) groups excluding carboxylic acids is 1. The summed E-state index contributed by atoms with van der Waals surface area (Å²) in [4.78, 5) is 19.8. The summed E-state index contributed by atoms with van der Waals surface area (Å²) in [5.41, 5.74) is -0.345. The summed E-state index contributed by atoms with van der Waals surface area (Å²) in [5.74, 6) is -1.91. The van der Waals surface area contributed by atoms with Gasteiger partial charge in [0, 0.05) is 6.07 Å². The zero-order chi connectivity index (χ0) is 22.4. The van der Waals surface area contributed by atoms with Crippen molar-refractivity contribution < 1.29 is 32.5 Å². The topological polar surface area (TPSA) is 104 Å². The van der Waals surface area contributed by atoms with Crippen LogP contribution in [0.4, 0.5) is 14.7 Å². The summed E-state index contributed by atoms with van der Waals surface area (Å²) in [7, 11) is 2.53. The Balaban J connectivity index is 1.64. The van der Waals surface area contributed by atoms with Crippen LogP contribution in [0.3, 0.4) is 0 Å². The molecule has 31 heavy (non-hydrogen) atoms. The van der Waals surface area contributed by atoms with Crippen LogP contribution in [0.2, 0.25) is 0 Å². The number of halogens is 2. The first kappa shape index (κ1) is 22.2. The summed E-state index contributed by atoms with van der Waals surface area (Å²) >= 11 is 0. The van der Waals surface area contributed by atoms with Crippen LogP contribution in [0.1, 0.15) is 5.56 Å². The van der Waals surface area contributed by atoms with Crippen LogP contribution >= 0.6 is 0 Å². The Labute approximate surface area is 177 Å². The number of amides is 1. The molecule has 0 spiro atoms. The molecule has 1 fully saturated rings. The number of nitrogens with one attached hydrogen (secondary N) is 2. The van der Waals surface area contributed by atoms with E-state index in [0.29, 0.717) is 13.2 Å². The van der Waals surface area contributed by atoms with Gasteiger partial charge < -0.3 is 29.6 Å². The van der Waals surface area contributed by atoms with Gasteiger partial charge in [-0.05, 0) is 6.08 Å². The molecule has 1 amide bonds. The van der Waals surface area contributed by atoms with E-state index in [1.54, 1.807) is 0 Å². The summed E-state index contributed by atoms with van der Waals surface area (Å²) < 4.78 is 49.4. The number of anilines is 1. The van der Waals surface area contributed by atoms with E-state index in [1.807, 2.05) is 0 Å². The maximum absolute atomic E-state index is 14.4. The summed E-state index contributed by atoms with van der Waals surface area (Å²) in [5, 5.41) is 5.83. The van der Waals surface area contributed by atoms with Crippen LogP contribution in [-0.2, 0) is 16.1 Å². The molecule has 2 heterocycles. The van der Waals surface area contributed by atoms with Crippen molar-refractivity contribution in [3.63, 3.8) is 0 Å². The molecular formula is C20H22F2N4O5. The van der Waals surface area contributed by atoms with Crippen LogP contribution in [-0.4, -0.2) is 55.4 Å². The Bertz CT molecular complexity index is 914. The van der Waals surface area contributed by atoms with Gasteiger partial charge in [-0.3, -0.25) is 4.79 Å². The smallest absolute Gasteiger partial charge is 0.243 e. The van der Waals surface area contributed by atoms with Crippen LogP contribution in [0, 0.1) is 11.6 Å². The molecule has 1 aromatic carbocycles. The maximum Gasteiger partial charge on any atom is 0.243 e. The Kier molecular flexibility index (Phi) is 7.19. The third kappa shape index (κ3) is 5.18. The Hall–Kier alpha value is -3.47. The van der Waals surface area contributed by atoms with Gasteiger partial charge in [-0.15, -0.1) is 0 Å². The van der Waals surface area contributed by atoms with Gasteiger partial charge in [0.25, 0.3) is 0 Å². The average Bonchev–Trinajstić information content (AvgIpc) is 3.21. The molecule has 0 radical (unpaired) electrons. The van der Waals surface area contributed by atoms with Gasteiger partial charge in [0.2, 0.25) is 11.9 Å². The van der Waals surface area contributed by atoms with Gasteiger partial charge in [-0.25, -0.2) is 18.7 Å². The van der Waals surface area contributed by atoms with Gasteiger partial charge in [0.1, 0.15) is 6.61 Å². The third-order valence-electron chi connectivity index (χ3n) is 4.58. The Morgan fingerprint density at radius 2 is 1.81 bits per heavy atom. The van der Waals surface area contributed by atoms with Crippen LogP contribution in [0.15, 0.2) is 31.1 Å². The van der Waals surface area contributed by atoms with Crippen molar-refractivity contribution in [2.45, 2.75) is 18.7 Å². The number of hydrogen-bond acceptors (Lipinski definition) is 8. The second-order valence-corrected chi connectivity index (χ2v) is 6.53. The Morgan fingerprint density at radius 1 is 1.19 bits per heavy atom. The summed E-state index contributed by atoms with van der Waals surface area (Å²) in [6.45, 7) is 3.70. The second kappa shape index (κ2) is 10.0. The minimum atomic E-state index is -0.881. The molecule has 0 aliphatic carbocycles. The fourth-order valence-corrected chi connectivity index (χ4v) is 2.93. The van der Waals surface area contributed by atoms with Gasteiger partial charge in [0.05, 0.1) is 57.5 Å². The predicted octanol–water partition coefficient (Wildman–Crippen LogP) is 1.83. The average molecular weight is 436 g/mol. The monoisotopic (exact) mass is 436 g/mol. The molecule has 2 N–H and O–H groups in total. The number of aromatic nitrogens is 2. The highest BCUT2D eigenvalue weighted by Gasteiger charge is 2.29.